The van der Waals surface area contributed by atoms with Gasteiger partial charge in [0.15, 0.2) is 0 Å². The highest BCUT2D eigenvalue weighted by Gasteiger charge is 2.44. The number of rotatable bonds is 13. The normalized spacial score (nSPS) is 16.0. The van der Waals surface area contributed by atoms with Crippen LogP contribution in [0.2, 0.25) is 0 Å². The molecule has 0 bridgehead atoms. The molecule has 6 nitrogen and oxygen atoms in total. The highest BCUT2D eigenvalue weighted by atomic mass is 19.1. The summed E-state index contributed by atoms with van der Waals surface area (Å²) in [7, 11) is 0. The molecule has 2 amide bonds. The molecule has 6 rings (SSSR count). The van der Waals surface area contributed by atoms with Gasteiger partial charge in [0.05, 0.1) is 12.0 Å². The number of anilines is 1. The molecule has 1 heterocycles. The van der Waals surface area contributed by atoms with Crippen LogP contribution in [0.3, 0.4) is 0 Å². The van der Waals surface area contributed by atoms with Gasteiger partial charge in [0, 0.05) is 17.3 Å². The first kappa shape index (κ1) is 34.3. The minimum atomic E-state index is -0.999. The van der Waals surface area contributed by atoms with Crippen molar-refractivity contribution >= 4 is 17.7 Å². The summed E-state index contributed by atoms with van der Waals surface area (Å²) >= 11 is 0. The summed E-state index contributed by atoms with van der Waals surface area (Å²) in [4.78, 5) is 29.1. The molecule has 9 heteroatoms. The van der Waals surface area contributed by atoms with Crippen LogP contribution in [-0.4, -0.2) is 23.5 Å². The van der Waals surface area contributed by atoms with E-state index in [0.29, 0.717) is 17.9 Å². The molecule has 1 saturated heterocycles. The third-order valence-corrected chi connectivity index (χ3v) is 9.09. The second-order valence-corrected chi connectivity index (χ2v) is 12.4. The van der Waals surface area contributed by atoms with Gasteiger partial charge in [0.1, 0.15) is 42.5 Å². The predicted octanol–water partition coefficient (Wildman–Crippen LogP) is 9.76. The quantitative estimate of drug-likeness (QED) is 0.134. The van der Waals surface area contributed by atoms with Crippen molar-refractivity contribution in [3.8, 4) is 5.75 Å². The lowest BCUT2D eigenvalue weighted by Crippen LogP contribution is -2.42. The van der Waals surface area contributed by atoms with Crippen LogP contribution in [0.4, 0.5) is 23.7 Å². The van der Waals surface area contributed by atoms with E-state index in [-0.39, 0.29) is 36.9 Å². The lowest BCUT2D eigenvalue weighted by molar-refractivity contribution is -0.134. The van der Waals surface area contributed by atoms with Crippen LogP contribution in [0.5, 0.6) is 5.75 Å². The number of benzene rings is 5. The highest BCUT2D eigenvalue weighted by Crippen LogP contribution is 2.39. The average Bonchev–Trinajstić information content (AvgIpc) is 3.53. The lowest BCUT2D eigenvalue weighted by Gasteiger charge is -2.33. The lowest BCUT2D eigenvalue weighted by atomic mass is 9.83. The Balaban J connectivity index is 1.37. The van der Waals surface area contributed by atoms with E-state index >= 15 is 4.39 Å². The SMILES string of the molecule is C[C@@H](CC[C@@H](C(=O)N1C(=O)OC[C@@H]1c1ccccc1)[C@H](Nc1ccc(F)cc1)c1ccc(OCc2ccccc2)cc1F)c1ccc(F)cc1. The van der Waals surface area contributed by atoms with E-state index in [9.17, 15) is 18.4 Å². The first-order chi connectivity index (χ1) is 24.3. The number of carbonyl (C=O) groups is 2. The van der Waals surface area contributed by atoms with E-state index in [0.717, 1.165) is 21.6 Å². The summed E-state index contributed by atoms with van der Waals surface area (Å²) < 4.78 is 55.2. The summed E-state index contributed by atoms with van der Waals surface area (Å²) in [6.07, 6.45) is -0.124. The van der Waals surface area contributed by atoms with E-state index in [4.69, 9.17) is 9.47 Å². The highest BCUT2D eigenvalue weighted by molar-refractivity contribution is 5.95. The molecule has 0 aliphatic carbocycles. The Kier molecular flexibility index (Phi) is 10.8. The first-order valence-corrected chi connectivity index (χ1v) is 16.6. The van der Waals surface area contributed by atoms with Gasteiger partial charge < -0.3 is 14.8 Å². The van der Waals surface area contributed by atoms with Crippen molar-refractivity contribution in [1.82, 2.24) is 4.90 Å². The summed E-state index contributed by atoms with van der Waals surface area (Å²) in [6.45, 7) is 2.18. The molecule has 256 valence electrons. The number of nitrogens with one attached hydrogen (secondary N) is 1. The van der Waals surface area contributed by atoms with Crippen LogP contribution < -0.4 is 10.1 Å². The summed E-state index contributed by atoms with van der Waals surface area (Å²) in [5.74, 6) is -2.78. The summed E-state index contributed by atoms with van der Waals surface area (Å²) in [5.41, 5.74) is 3.12. The van der Waals surface area contributed by atoms with Crippen LogP contribution in [0.25, 0.3) is 0 Å². The van der Waals surface area contributed by atoms with Gasteiger partial charge in [-0.25, -0.2) is 22.9 Å². The van der Waals surface area contributed by atoms with Crippen molar-refractivity contribution in [2.45, 2.75) is 44.4 Å². The fourth-order valence-electron chi connectivity index (χ4n) is 6.30. The summed E-state index contributed by atoms with van der Waals surface area (Å²) in [5, 5.41) is 3.29. The van der Waals surface area contributed by atoms with Gasteiger partial charge in [0.2, 0.25) is 5.91 Å². The number of amides is 2. The van der Waals surface area contributed by atoms with Crippen LogP contribution in [0.1, 0.15) is 60.0 Å². The zero-order valence-corrected chi connectivity index (χ0v) is 27.5. The van der Waals surface area contributed by atoms with E-state index < -0.39 is 41.6 Å². The van der Waals surface area contributed by atoms with E-state index in [1.165, 1.54) is 42.5 Å². The van der Waals surface area contributed by atoms with Gasteiger partial charge in [-0.3, -0.25) is 4.79 Å². The second-order valence-electron chi connectivity index (χ2n) is 12.4. The smallest absolute Gasteiger partial charge is 0.417 e. The van der Waals surface area contributed by atoms with E-state index in [1.807, 2.05) is 67.6 Å². The zero-order chi connectivity index (χ0) is 35.0. The van der Waals surface area contributed by atoms with Crippen LogP contribution in [-0.2, 0) is 16.1 Å². The number of imide groups is 1. The number of halogens is 3. The van der Waals surface area contributed by atoms with Crippen molar-refractivity contribution in [3.05, 3.63) is 167 Å². The van der Waals surface area contributed by atoms with Crippen molar-refractivity contribution in [1.29, 1.82) is 0 Å². The third kappa shape index (κ3) is 8.17. The summed E-state index contributed by atoms with van der Waals surface area (Å²) in [6, 6.07) is 33.1. The molecule has 0 unspecified atom stereocenters. The van der Waals surface area contributed by atoms with Crippen LogP contribution >= 0.6 is 0 Å². The standard InChI is InChI=1S/C41H37F3N2O4/c1-27(29-13-15-31(42)16-14-29)12-22-36(40(47)46-38(26-50-41(46)48)30-10-6-3-7-11-30)39(45-33-19-17-32(43)18-20-33)35-23-21-34(24-37(35)44)49-25-28-8-4-2-5-9-28/h2-11,13-21,23-24,27,36,38-39,45H,12,22,25-26H2,1H3/t27-,36+,38+,39+/m0/s1. The minimum Gasteiger partial charge on any atom is -0.489 e. The van der Waals surface area contributed by atoms with Gasteiger partial charge in [0.25, 0.3) is 0 Å². The molecule has 0 saturated carbocycles. The second kappa shape index (κ2) is 15.8. The molecule has 0 aromatic heterocycles. The molecule has 0 spiro atoms. The first-order valence-electron chi connectivity index (χ1n) is 16.6. The van der Waals surface area contributed by atoms with Crippen molar-refractivity contribution in [2.24, 2.45) is 5.92 Å². The van der Waals surface area contributed by atoms with E-state index in [2.05, 4.69) is 5.32 Å². The van der Waals surface area contributed by atoms with Crippen molar-refractivity contribution in [3.63, 3.8) is 0 Å². The largest absolute Gasteiger partial charge is 0.489 e. The number of hydrogen-bond acceptors (Lipinski definition) is 5. The van der Waals surface area contributed by atoms with Crippen molar-refractivity contribution in [2.75, 3.05) is 11.9 Å². The molecule has 1 N–H and O–H groups in total. The number of hydrogen-bond donors (Lipinski definition) is 1. The molecular formula is C41H37F3N2O4. The Morgan fingerprint density at radius 3 is 2.14 bits per heavy atom. The fourth-order valence-corrected chi connectivity index (χ4v) is 6.30. The number of nitrogens with zero attached hydrogens (tertiary/aromatic N) is 1. The molecule has 50 heavy (non-hydrogen) atoms. The molecule has 1 fully saturated rings. The molecule has 1 aliphatic rings. The topological polar surface area (TPSA) is 67.9 Å². The van der Waals surface area contributed by atoms with E-state index in [1.54, 1.807) is 24.3 Å². The molecular weight excluding hydrogens is 641 g/mol. The molecule has 1 aliphatic heterocycles. The van der Waals surface area contributed by atoms with Gasteiger partial charge in [-0.05, 0) is 77.9 Å². The van der Waals surface area contributed by atoms with Gasteiger partial charge in [-0.1, -0.05) is 85.8 Å². The number of carbonyl (C=O) groups excluding carboxylic acids is 2. The maximum absolute atomic E-state index is 16.3. The molecule has 4 atom stereocenters. The Hall–Kier alpha value is -5.57. The van der Waals surface area contributed by atoms with Crippen molar-refractivity contribution < 1.29 is 32.2 Å². The van der Waals surface area contributed by atoms with Crippen LogP contribution in [0, 0.1) is 23.4 Å². The van der Waals surface area contributed by atoms with Gasteiger partial charge in [-0.2, -0.15) is 0 Å². The third-order valence-electron chi connectivity index (χ3n) is 9.09. The van der Waals surface area contributed by atoms with Gasteiger partial charge in [-0.15, -0.1) is 0 Å². The Morgan fingerprint density at radius 1 is 0.840 bits per heavy atom. The maximum atomic E-state index is 16.3. The van der Waals surface area contributed by atoms with Crippen LogP contribution in [0.15, 0.2) is 127 Å². The Bertz CT molecular complexity index is 1890. The fraction of sp³-hybridized carbons (Fsp3) is 0.220. The number of ether oxygens (including phenoxy) is 2. The minimum absolute atomic E-state index is 0.0227. The predicted molar refractivity (Wildman–Crippen MR) is 185 cm³/mol. The van der Waals surface area contributed by atoms with Gasteiger partial charge >= 0.3 is 6.09 Å². The zero-order valence-electron chi connectivity index (χ0n) is 27.5. The number of cyclic esters (lactones) is 1. The maximum Gasteiger partial charge on any atom is 0.417 e. The average molecular weight is 679 g/mol. The Morgan fingerprint density at radius 2 is 1.48 bits per heavy atom. The molecule has 0 radical (unpaired) electrons. The monoisotopic (exact) mass is 678 g/mol. The molecule has 5 aromatic rings. The Labute approximate surface area is 289 Å². The molecule has 5 aromatic carbocycles.